The van der Waals surface area contributed by atoms with Crippen molar-refractivity contribution in [3.05, 3.63) is 34.8 Å². The lowest BCUT2D eigenvalue weighted by Gasteiger charge is -2.52. The standard InChI is InChI=1S/C26H39N7O5/c1-31-9-8-19-4-3-5-21(19)26(31)17-27-28-18-29-30-20-6-7-22(23(14-20)38-15-24(34)32(26)2)37-16-25(35)33-10-12-36-13-11-33/h6-7,18,20,27,30H,3-5,8-17H2,1-2H3,(H,28,29). The van der Waals surface area contributed by atoms with Crippen molar-refractivity contribution in [3.8, 4) is 0 Å². The molecule has 0 aromatic carbocycles. The molecule has 12 nitrogen and oxygen atoms in total. The van der Waals surface area contributed by atoms with Crippen molar-refractivity contribution < 1.29 is 23.8 Å². The van der Waals surface area contributed by atoms with E-state index in [-0.39, 0.29) is 31.1 Å². The van der Waals surface area contributed by atoms with Gasteiger partial charge in [-0.2, -0.15) is 5.10 Å². The summed E-state index contributed by atoms with van der Waals surface area (Å²) in [6.07, 6.45) is 9.90. The summed E-state index contributed by atoms with van der Waals surface area (Å²) >= 11 is 0. The van der Waals surface area contributed by atoms with E-state index in [0.717, 1.165) is 32.2 Å². The van der Waals surface area contributed by atoms with Crippen LogP contribution in [-0.2, 0) is 23.8 Å². The number of carbonyl (C=O) groups is 2. The molecule has 5 rings (SSSR count). The summed E-state index contributed by atoms with van der Waals surface area (Å²) in [6, 6.07) is -0.150. The lowest BCUT2D eigenvalue weighted by molar-refractivity contribution is -0.145. The summed E-state index contributed by atoms with van der Waals surface area (Å²) in [4.78, 5) is 32.1. The van der Waals surface area contributed by atoms with Gasteiger partial charge in [0, 0.05) is 33.1 Å². The molecule has 1 spiro atoms. The van der Waals surface area contributed by atoms with E-state index < -0.39 is 5.66 Å². The van der Waals surface area contributed by atoms with E-state index in [4.69, 9.17) is 14.2 Å². The molecular formula is C26H39N7O5. The maximum atomic E-state index is 13.6. The van der Waals surface area contributed by atoms with E-state index in [0.29, 0.717) is 50.8 Å². The SMILES string of the molecule is CN1CCC2=C(CCC2)C12CNN/C=N/NC1C=CC(OCC(=O)N3CCOCC3)=C(C1)OCC(=O)N2C. The van der Waals surface area contributed by atoms with E-state index in [9.17, 15) is 9.59 Å². The van der Waals surface area contributed by atoms with Crippen molar-refractivity contribution in [1.29, 1.82) is 0 Å². The van der Waals surface area contributed by atoms with E-state index in [1.807, 2.05) is 18.0 Å². The number of hydrazine groups is 1. The number of morpholine rings is 1. The van der Waals surface area contributed by atoms with Crippen molar-refractivity contribution in [2.24, 2.45) is 5.10 Å². The van der Waals surface area contributed by atoms with Crippen LogP contribution < -0.4 is 16.3 Å². The Labute approximate surface area is 223 Å². The molecule has 2 amide bonds. The highest BCUT2D eigenvalue weighted by atomic mass is 16.5. The Kier molecular flexibility index (Phi) is 8.20. The minimum Gasteiger partial charge on any atom is -0.484 e. The van der Waals surface area contributed by atoms with E-state index in [1.54, 1.807) is 17.3 Å². The normalized spacial score (nSPS) is 29.8. The summed E-state index contributed by atoms with van der Waals surface area (Å²) in [5.74, 6) is 0.756. The number of rotatable bonds is 3. The molecule has 2 atom stereocenters. The van der Waals surface area contributed by atoms with Gasteiger partial charge in [0.05, 0.1) is 25.8 Å². The average Bonchev–Trinajstić information content (AvgIpc) is 3.43. The van der Waals surface area contributed by atoms with Crippen LogP contribution >= 0.6 is 0 Å². The Balaban J connectivity index is 1.35. The molecule has 3 aliphatic heterocycles. The number of hydrogen-bond donors (Lipinski definition) is 3. The van der Waals surface area contributed by atoms with Gasteiger partial charge < -0.3 is 34.9 Å². The zero-order valence-electron chi connectivity index (χ0n) is 22.3. The third kappa shape index (κ3) is 5.38. The number of likely N-dealkylation sites (N-methyl/N-ethyl adjacent to an activating group) is 2. The highest BCUT2D eigenvalue weighted by molar-refractivity contribution is 5.79. The van der Waals surface area contributed by atoms with Crippen LogP contribution in [0.4, 0.5) is 0 Å². The Hall–Kier alpha value is -3.09. The first-order valence-electron chi connectivity index (χ1n) is 13.5. The minimum atomic E-state index is -0.601. The van der Waals surface area contributed by atoms with Crippen molar-refractivity contribution in [2.45, 2.75) is 43.8 Å². The van der Waals surface area contributed by atoms with Crippen LogP contribution in [-0.4, -0.2) is 111 Å². The predicted molar refractivity (Wildman–Crippen MR) is 140 cm³/mol. The largest absolute Gasteiger partial charge is 0.484 e. The van der Waals surface area contributed by atoms with Crippen LogP contribution in [0.3, 0.4) is 0 Å². The topological polar surface area (TPSA) is 120 Å². The van der Waals surface area contributed by atoms with Crippen LogP contribution in [0.25, 0.3) is 0 Å². The number of hydrogen-bond acceptors (Lipinski definition) is 10. The Morgan fingerprint density at radius 2 is 2.05 bits per heavy atom. The Morgan fingerprint density at radius 1 is 1.21 bits per heavy atom. The van der Waals surface area contributed by atoms with E-state index >= 15 is 0 Å². The zero-order chi connectivity index (χ0) is 26.5. The number of ether oxygens (including phenoxy) is 3. The highest BCUT2D eigenvalue weighted by Gasteiger charge is 2.48. The average molecular weight is 530 g/mol. The van der Waals surface area contributed by atoms with Gasteiger partial charge in [0.2, 0.25) is 0 Å². The first-order chi connectivity index (χ1) is 18.5. The van der Waals surface area contributed by atoms with Gasteiger partial charge in [-0.1, -0.05) is 11.6 Å². The summed E-state index contributed by atoms with van der Waals surface area (Å²) in [5.41, 5.74) is 11.6. The lowest BCUT2D eigenvalue weighted by atomic mass is 9.87. The predicted octanol–water partition coefficient (Wildman–Crippen LogP) is 0.0299. The van der Waals surface area contributed by atoms with Crippen LogP contribution in [0.1, 0.15) is 32.1 Å². The van der Waals surface area contributed by atoms with Crippen molar-refractivity contribution in [2.75, 3.05) is 66.7 Å². The van der Waals surface area contributed by atoms with Crippen LogP contribution in [0.15, 0.2) is 39.9 Å². The van der Waals surface area contributed by atoms with Gasteiger partial charge in [-0.05, 0) is 44.4 Å². The number of nitrogens with zero attached hydrogens (tertiary/aromatic N) is 4. The van der Waals surface area contributed by atoms with E-state index in [1.165, 1.54) is 11.1 Å². The zero-order valence-corrected chi connectivity index (χ0v) is 22.3. The third-order valence-corrected chi connectivity index (χ3v) is 8.18. The van der Waals surface area contributed by atoms with Gasteiger partial charge >= 0.3 is 0 Å². The molecule has 38 heavy (non-hydrogen) atoms. The van der Waals surface area contributed by atoms with Crippen LogP contribution in [0.5, 0.6) is 0 Å². The number of nitrogens with one attached hydrogen (secondary N) is 3. The molecule has 12 heteroatoms. The molecule has 0 aromatic rings. The Morgan fingerprint density at radius 3 is 2.89 bits per heavy atom. The minimum absolute atomic E-state index is 0.0992. The monoisotopic (exact) mass is 529 g/mol. The summed E-state index contributed by atoms with van der Waals surface area (Å²) < 4.78 is 17.3. The fourth-order valence-corrected chi connectivity index (χ4v) is 6.00. The Bertz CT molecular complexity index is 1040. The van der Waals surface area contributed by atoms with Gasteiger partial charge in [-0.15, -0.1) is 0 Å². The molecule has 1 saturated heterocycles. The molecule has 2 unspecified atom stereocenters. The van der Waals surface area contributed by atoms with Crippen molar-refractivity contribution >= 4 is 18.2 Å². The first kappa shape index (κ1) is 26.5. The molecule has 2 aliphatic carbocycles. The quantitative estimate of drug-likeness (QED) is 0.435. The maximum absolute atomic E-state index is 13.6. The molecule has 3 N–H and O–H groups in total. The van der Waals surface area contributed by atoms with Gasteiger partial charge in [-0.3, -0.25) is 14.5 Å². The molecule has 208 valence electrons. The summed E-state index contributed by atoms with van der Waals surface area (Å²) in [6.45, 7) is 3.33. The molecule has 5 aliphatic rings. The number of allylic oxidation sites excluding steroid dienone is 1. The number of carbonyl (C=O) groups excluding carboxylic acids is 2. The molecule has 0 radical (unpaired) electrons. The number of hydrazone groups is 1. The van der Waals surface area contributed by atoms with Crippen molar-refractivity contribution in [3.63, 3.8) is 0 Å². The second-order valence-corrected chi connectivity index (χ2v) is 10.3. The fraction of sp³-hybridized carbons (Fsp3) is 0.654. The summed E-state index contributed by atoms with van der Waals surface area (Å²) in [7, 11) is 3.93. The smallest absolute Gasteiger partial charge is 0.262 e. The maximum Gasteiger partial charge on any atom is 0.262 e. The summed E-state index contributed by atoms with van der Waals surface area (Å²) in [5, 5.41) is 4.30. The molecule has 0 saturated carbocycles. The second kappa shape index (κ2) is 11.7. The van der Waals surface area contributed by atoms with Gasteiger partial charge in [0.25, 0.3) is 11.8 Å². The second-order valence-electron chi connectivity index (χ2n) is 10.3. The molecule has 2 bridgehead atoms. The van der Waals surface area contributed by atoms with Gasteiger partial charge in [0.15, 0.2) is 19.0 Å². The van der Waals surface area contributed by atoms with Crippen molar-refractivity contribution in [1.82, 2.24) is 31.0 Å². The highest BCUT2D eigenvalue weighted by Crippen LogP contribution is 2.43. The molecule has 1 fully saturated rings. The number of fused-ring (bicyclic) bond motifs is 3. The van der Waals surface area contributed by atoms with Gasteiger partial charge in [0.1, 0.15) is 17.8 Å². The number of amides is 2. The van der Waals surface area contributed by atoms with Crippen LogP contribution in [0, 0.1) is 0 Å². The lowest BCUT2D eigenvalue weighted by Crippen LogP contribution is -2.68. The third-order valence-electron chi connectivity index (χ3n) is 8.18. The fourth-order valence-electron chi connectivity index (χ4n) is 6.00. The van der Waals surface area contributed by atoms with Gasteiger partial charge in [-0.25, -0.2) is 5.43 Å². The molecule has 3 heterocycles. The van der Waals surface area contributed by atoms with E-state index in [2.05, 4.69) is 33.3 Å². The molecular weight excluding hydrogens is 490 g/mol. The van der Waals surface area contributed by atoms with Crippen LogP contribution in [0.2, 0.25) is 0 Å². The molecule has 0 aromatic heterocycles. The first-order valence-corrected chi connectivity index (χ1v) is 13.5.